The standard InChI is InChI=1S/C11H12BrN/c1-3-6-11(13-2)9-7-4-5-8-10(9)12/h1,4-5,7-8,11,13H,6H2,2H3. The van der Waals surface area contributed by atoms with Crippen molar-refractivity contribution in [3.05, 3.63) is 34.3 Å². The normalized spacial score (nSPS) is 12.1. The van der Waals surface area contributed by atoms with Gasteiger partial charge in [-0.3, -0.25) is 0 Å². The van der Waals surface area contributed by atoms with Crippen molar-refractivity contribution >= 4 is 15.9 Å². The van der Waals surface area contributed by atoms with Gasteiger partial charge in [-0.25, -0.2) is 0 Å². The van der Waals surface area contributed by atoms with Crippen molar-refractivity contribution in [2.24, 2.45) is 0 Å². The van der Waals surface area contributed by atoms with Gasteiger partial charge in [0, 0.05) is 16.9 Å². The highest BCUT2D eigenvalue weighted by molar-refractivity contribution is 9.10. The molecule has 1 unspecified atom stereocenters. The lowest BCUT2D eigenvalue weighted by Crippen LogP contribution is -2.15. The second-order valence-electron chi connectivity index (χ2n) is 2.77. The molecule has 1 atom stereocenters. The van der Waals surface area contributed by atoms with Crippen LogP contribution in [0, 0.1) is 12.3 Å². The topological polar surface area (TPSA) is 12.0 Å². The van der Waals surface area contributed by atoms with Crippen LogP contribution in [0.25, 0.3) is 0 Å². The molecule has 1 rings (SSSR count). The van der Waals surface area contributed by atoms with E-state index in [1.54, 1.807) is 0 Å². The molecule has 0 radical (unpaired) electrons. The minimum atomic E-state index is 0.237. The molecule has 2 heteroatoms. The van der Waals surface area contributed by atoms with Gasteiger partial charge in [-0.05, 0) is 18.7 Å². The van der Waals surface area contributed by atoms with Gasteiger partial charge in [-0.15, -0.1) is 12.3 Å². The van der Waals surface area contributed by atoms with Crippen molar-refractivity contribution in [2.75, 3.05) is 7.05 Å². The van der Waals surface area contributed by atoms with E-state index in [1.165, 1.54) is 5.56 Å². The van der Waals surface area contributed by atoms with Crippen LogP contribution in [-0.4, -0.2) is 7.05 Å². The maximum absolute atomic E-state index is 5.29. The smallest absolute Gasteiger partial charge is 0.0439 e. The third-order valence-corrected chi connectivity index (χ3v) is 2.67. The van der Waals surface area contributed by atoms with Gasteiger partial charge < -0.3 is 5.32 Å². The van der Waals surface area contributed by atoms with Crippen molar-refractivity contribution in [2.45, 2.75) is 12.5 Å². The first-order chi connectivity index (χ1) is 6.29. The van der Waals surface area contributed by atoms with Crippen LogP contribution < -0.4 is 5.32 Å². The largest absolute Gasteiger partial charge is 0.312 e. The lowest BCUT2D eigenvalue weighted by molar-refractivity contribution is 0.609. The zero-order valence-corrected chi connectivity index (χ0v) is 9.14. The fourth-order valence-electron chi connectivity index (χ4n) is 1.24. The van der Waals surface area contributed by atoms with Gasteiger partial charge in [-0.1, -0.05) is 34.1 Å². The molecular weight excluding hydrogens is 226 g/mol. The Balaban J connectivity index is 2.92. The van der Waals surface area contributed by atoms with Crippen molar-refractivity contribution in [1.29, 1.82) is 0 Å². The van der Waals surface area contributed by atoms with Crippen molar-refractivity contribution in [1.82, 2.24) is 5.32 Å². The highest BCUT2D eigenvalue weighted by Crippen LogP contribution is 2.24. The summed E-state index contributed by atoms with van der Waals surface area (Å²) in [6.07, 6.45) is 5.99. The molecule has 13 heavy (non-hydrogen) atoms. The van der Waals surface area contributed by atoms with Crippen LogP contribution in [0.3, 0.4) is 0 Å². The molecule has 0 amide bonds. The lowest BCUT2D eigenvalue weighted by Gasteiger charge is -2.14. The Morgan fingerprint density at radius 3 is 2.77 bits per heavy atom. The SMILES string of the molecule is C#CCC(NC)c1ccccc1Br. The van der Waals surface area contributed by atoms with Crippen LogP contribution in [-0.2, 0) is 0 Å². The van der Waals surface area contributed by atoms with E-state index < -0.39 is 0 Å². The summed E-state index contributed by atoms with van der Waals surface area (Å²) >= 11 is 3.50. The van der Waals surface area contributed by atoms with Gasteiger partial charge >= 0.3 is 0 Å². The maximum atomic E-state index is 5.29. The Morgan fingerprint density at radius 1 is 1.54 bits per heavy atom. The molecular formula is C11H12BrN. The molecule has 0 heterocycles. The van der Waals surface area contributed by atoms with E-state index in [4.69, 9.17) is 6.42 Å². The molecule has 1 N–H and O–H groups in total. The van der Waals surface area contributed by atoms with Crippen LogP contribution in [0.5, 0.6) is 0 Å². The lowest BCUT2D eigenvalue weighted by atomic mass is 10.0. The Kier molecular flexibility index (Phi) is 4.01. The van der Waals surface area contributed by atoms with Crippen molar-refractivity contribution in [3.63, 3.8) is 0 Å². The minimum Gasteiger partial charge on any atom is -0.312 e. The summed E-state index contributed by atoms with van der Waals surface area (Å²) in [4.78, 5) is 0. The van der Waals surface area contributed by atoms with E-state index in [9.17, 15) is 0 Å². The van der Waals surface area contributed by atoms with Gasteiger partial charge in [0.25, 0.3) is 0 Å². The summed E-state index contributed by atoms with van der Waals surface area (Å²) in [6, 6.07) is 8.34. The van der Waals surface area contributed by atoms with E-state index in [0.717, 1.165) is 4.47 Å². The number of nitrogens with one attached hydrogen (secondary N) is 1. The summed E-state index contributed by atoms with van der Waals surface area (Å²) in [5.41, 5.74) is 1.21. The molecule has 0 fully saturated rings. The van der Waals surface area contributed by atoms with Crippen LogP contribution in [0.2, 0.25) is 0 Å². The number of hydrogen-bond acceptors (Lipinski definition) is 1. The number of hydrogen-bond donors (Lipinski definition) is 1. The van der Waals surface area contributed by atoms with Gasteiger partial charge in [0.1, 0.15) is 0 Å². The summed E-state index contributed by atoms with van der Waals surface area (Å²) in [5.74, 6) is 2.66. The first kappa shape index (κ1) is 10.3. The molecule has 1 aromatic carbocycles. The van der Waals surface area contributed by atoms with Gasteiger partial charge in [0.15, 0.2) is 0 Å². The summed E-state index contributed by atoms with van der Waals surface area (Å²) in [5, 5.41) is 3.19. The monoisotopic (exact) mass is 237 g/mol. The predicted molar refractivity (Wildman–Crippen MR) is 59.4 cm³/mol. The Bertz CT molecular complexity index is 314. The quantitative estimate of drug-likeness (QED) is 0.798. The Labute approximate surface area is 87.7 Å². The van der Waals surface area contributed by atoms with Gasteiger partial charge in [0.05, 0.1) is 0 Å². The molecule has 0 aliphatic heterocycles. The fraction of sp³-hybridized carbons (Fsp3) is 0.273. The van der Waals surface area contributed by atoms with E-state index >= 15 is 0 Å². The number of benzene rings is 1. The summed E-state index contributed by atoms with van der Waals surface area (Å²) in [7, 11) is 1.92. The zero-order chi connectivity index (χ0) is 9.68. The molecule has 0 spiro atoms. The summed E-state index contributed by atoms with van der Waals surface area (Å²) < 4.78 is 1.10. The van der Waals surface area contributed by atoms with Crippen LogP contribution in [0.1, 0.15) is 18.0 Å². The van der Waals surface area contributed by atoms with Crippen LogP contribution in [0.15, 0.2) is 28.7 Å². The van der Waals surface area contributed by atoms with Gasteiger partial charge in [-0.2, -0.15) is 0 Å². The molecule has 0 aliphatic rings. The Morgan fingerprint density at radius 2 is 2.23 bits per heavy atom. The van der Waals surface area contributed by atoms with E-state index in [0.29, 0.717) is 6.42 Å². The van der Waals surface area contributed by atoms with Gasteiger partial charge in [0.2, 0.25) is 0 Å². The Hall–Kier alpha value is -0.780. The third kappa shape index (κ3) is 2.58. The number of rotatable bonds is 3. The highest BCUT2D eigenvalue weighted by atomic mass is 79.9. The highest BCUT2D eigenvalue weighted by Gasteiger charge is 2.09. The van der Waals surface area contributed by atoms with Crippen molar-refractivity contribution in [3.8, 4) is 12.3 Å². The summed E-state index contributed by atoms with van der Waals surface area (Å²) in [6.45, 7) is 0. The fourth-order valence-corrected chi connectivity index (χ4v) is 1.80. The minimum absolute atomic E-state index is 0.237. The molecule has 0 bridgehead atoms. The molecule has 1 aromatic rings. The second-order valence-corrected chi connectivity index (χ2v) is 3.63. The average Bonchev–Trinajstić information content (AvgIpc) is 2.16. The molecule has 1 nitrogen and oxygen atoms in total. The molecule has 0 saturated carbocycles. The first-order valence-corrected chi connectivity index (χ1v) is 4.94. The van der Waals surface area contributed by atoms with E-state index in [-0.39, 0.29) is 6.04 Å². The average molecular weight is 238 g/mol. The van der Waals surface area contributed by atoms with Crippen molar-refractivity contribution < 1.29 is 0 Å². The second kappa shape index (κ2) is 5.06. The third-order valence-electron chi connectivity index (χ3n) is 1.95. The predicted octanol–water partition coefficient (Wildman–Crippen LogP) is 2.73. The molecule has 68 valence electrons. The van der Waals surface area contributed by atoms with Crippen LogP contribution in [0.4, 0.5) is 0 Å². The maximum Gasteiger partial charge on any atom is 0.0439 e. The molecule has 0 saturated heterocycles. The van der Waals surface area contributed by atoms with E-state index in [1.807, 2.05) is 25.2 Å². The van der Waals surface area contributed by atoms with E-state index in [2.05, 4.69) is 33.2 Å². The number of halogens is 1. The first-order valence-electron chi connectivity index (χ1n) is 4.14. The molecule has 0 aliphatic carbocycles. The molecule has 0 aromatic heterocycles. The van der Waals surface area contributed by atoms with Crippen LogP contribution >= 0.6 is 15.9 Å². The zero-order valence-electron chi connectivity index (χ0n) is 7.55. The number of terminal acetylenes is 1.